The highest BCUT2D eigenvalue weighted by atomic mass is 16.3. The molecule has 0 aromatic heterocycles. The largest absolute Gasteiger partial charge is 0.508 e. The molecule has 0 spiro atoms. The van der Waals surface area contributed by atoms with Crippen molar-refractivity contribution in [3.63, 3.8) is 0 Å². The average Bonchev–Trinajstić information content (AvgIpc) is 2.64. The third-order valence-corrected chi connectivity index (χ3v) is 6.58. The molecule has 1 aromatic rings. The van der Waals surface area contributed by atoms with Crippen molar-refractivity contribution in [1.29, 1.82) is 0 Å². The van der Waals surface area contributed by atoms with Gasteiger partial charge in [0.2, 0.25) is 0 Å². The molecule has 0 atom stereocenters. The molecule has 154 valence electrons. The zero-order valence-corrected chi connectivity index (χ0v) is 17.6. The first-order valence-electron chi connectivity index (χ1n) is 11.0. The molecule has 1 aliphatic rings. The summed E-state index contributed by atoms with van der Waals surface area (Å²) in [5, 5.41) is 31.3. The van der Waals surface area contributed by atoms with Crippen LogP contribution < -0.4 is 0 Å². The van der Waals surface area contributed by atoms with Gasteiger partial charge in [-0.3, -0.25) is 0 Å². The molecule has 0 aliphatic heterocycles. The van der Waals surface area contributed by atoms with Gasteiger partial charge in [0.1, 0.15) is 5.75 Å². The Balaban J connectivity index is 2.19. The summed E-state index contributed by atoms with van der Waals surface area (Å²) >= 11 is 0. The van der Waals surface area contributed by atoms with Crippen LogP contribution in [-0.4, -0.2) is 21.9 Å². The van der Waals surface area contributed by atoms with Gasteiger partial charge in [-0.2, -0.15) is 0 Å². The van der Waals surface area contributed by atoms with Gasteiger partial charge in [-0.15, -0.1) is 0 Å². The van der Waals surface area contributed by atoms with Crippen molar-refractivity contribution in [2.75, 3.05) is 6.61 Å². The minimum absolute atomic E-state index is 0.155. The molecule has 3 N–H and O–H groups in total. The van der Waals surface area contributed by atoms with Crippen molar-refractivity contribution in [2.45, 2.75) is 102 Å². The van der Waals surface area contributed by atoms with Gasteiger partial charge in [-0.05, 0) is 67.9 Å². The molecule has 2 rings (SSSR count). The summed E-state index contributed by atoms with van der Waals surface area (Å²) in [5.74, 6) is 0.920. The van der Waals surface area contributed by atoms with Crippen LogP contribution in [0.4, 0.5) is 0 Å². The van der Waals surface area contributed by atoms with E-state index in [-0.39, 0.29) is 12.0 Å². The van der Waals surface area contributed by atoms with Crippen LogP contribution in [0.2, 0.25) is 0 Å². The van der Waals surface area contributed by atoms with Crippen molar-refractivity contribution < 1.29 is 15.3 Å². The molecule has 0 radical (unpaired) electrons. The second kappa shape index (κ2) is 9.93. The van der Waals surface area contributed by atoms with Crippen LogP contribution in [0, 0.1) is 5.92 Å². The van der Waals surface area contributed by atoms with Crippen molar-refractivity contribution in [2.24, 2.45) is 5.92 Å². The molecule has 0 heterocycles. The molecule has 0 bridgehead atoms. The van der Waals surface area contributed by atoms with Crippen molar-refractivity contribution in [3.8, 4) is 5.75 Å². The van der Waals surface area contributed by atoms with Gasteiger partial charge in [0.25, 0.3) is 0 Å². The van der Waals surface area contributed by atoms with E-state index < -0.39 is 5.60 Å². The number of rotatable bonds is 10. The summed E-state index contributed by atoms with van der Waals surface area (Å²) in [6, 6.07) is 5.66. The number of aromatic hydroxyl groups is 1. The number of phenols is 1. The van der Waals surface area contributed by atoms with E-state index in [0.29, 0.717) is 11.7 Å². The Morgan fingerprint density at radius 1 is 1.07 bits per heavy atom. The quantitative estimate of drug-likeness (QED) is 0.453. The van der Waals surface area contributed by atoms with Crippen LogP contribution in [0.15, 0.2) is 18.2 Å². The van der Waals surface area contributed by atoms with Crippen molar-refractivity contribution in [1.82, 2.24) is 0 Å². The molecule has 0 amide bonds. The van der Waals surface area contributed by atoms with Crippen LogP contribution in [0.1, 0.15) is 103 Å². The first-order chi connectivity index (χ1) is 12.8. The summed E-state index contributed by atoms with van der Waals surface area (Å²) in [5.41, 5.74) is 0.879. The third kappa shape index (κ3) is 5.71. The second-order valence-corrected chi connectivity index (χ2v) is 9.24. The molecular weight excluding hydrogens is 336 g/mol. The first kappa shape index (κ1) is 22.2. The topological polar surface area (TPSA) is 60.7 Å². The van der Waals surface area contributed by atoms with Gasteiger partial charge in [-0.1, -0.05) is 58.6 Å². The van der Waals surface area contributed by atoms with E-state index in [0.717, 1.165) is 62.5 Å². The maximum atomic E-state index is 11.5. The maximum absolute atomic E-state index is 11.5. The molecule has 0 saturated heterocycles. The van der Waals surface area contributed by atoms with E-state index >= 15 is 0 Å². The number of unbranched alkanes of at least 4 members (excludes halogenated alkanes) is 3. The van der Waals surface area contributed by atoms with Crippen LogP contribution in [-0.2, 0) is 11.0 Å². The Bertz CT molecular complexity index is 571. The van der Waals surface area contributed by atoms with Gasteiger partial charge in [-0.25, -0.2) is 0 Å². The predicted octanol–water partition coefficient (Wildman–Crippen LogP) is 5.79. The first-order valence-corrected chi connectivity index (χ1v) is 11.0. The highest BCUT2D eigenvalue weighted by Crippen LogP contribution is 2.47. The van der Waals surface area contributed by atoms with E-state index in [1.165, 1.54) is 19.3 Å². The van der Waals surface area contributed by atoms with Gasteiger partial charge >= 0.3 is 0 Å². The highest BCUT2D eigenvalue weighted by Gasteiger charge is 2.39. The molecule has 3 heteroatoms. The van der Waals surface area contributed by atoms with Gasteiger partial charge in [0.15, 0.2) is 0 Å². The lowest BCUT2D eigenvalue weighted by atomic mass is 9.68. The number of phenolic OH excluding ortho intramolecular Hbond substituents is 1. The molecule has 1 saturated carbocycles. The van der Waals surface area contributed by atoms with E-state index in [2.05, 4.69) is 20.8 Å². The Morgan fingerprint density at radius 2 is 1.78 bits per heavy atom. The summed E-state index contributed by atoms with van der Waals surface area (Å²) in [7, 11) is 0. The minimum Gasteiger partial charge on any atom is -0.508 e. The van der Waals surface area contributed by atoms with Crippen LogP contribution in [0.5, 0.6) is 5.75 Å². The summed E-state index contributed by atoms with van der Waals surface area (Å²) in [6.07, 6.45) is 11.2. The van der Waals surface area contributed by atoms with E-state index in [1.807, 2.05) is 12.1 Å². The van der Waals surface area contributed by atoms with Crippen LogP contribution in [0.25, 0.3) is 0 Å². The number of hydrogen-bond donors (Lipinski definition) is 3. The molecule has 1 aromatic carbocycles. The lowest BCUT2D eigenvalue weighted by Gasteiger charge is -2.40. The minimum atomic E-state index is -0.843. The number of hydrogen-bond acceptors (Lipinski definition) is 3. The number of aliphatic hydroxyl groups excluding tert-OH is 1. The van der Waals surface area contributed by atoms with Gasteiger partial charge in [0.05, 0.1) is 5.60 Å². The van der Waals surface area contributed by atoms with Crippen LogP contribution >= 0.6 is 0 Å². The molecule has 0 unspecified atom stereocenters. The fraction of sp³-hybridized carbons (Fsp3) is 0.750. The maximum Gasteiger partial charge on any atom is 0.119 e. The van der Waals surface area contributed by atoms with Gasteiger partial charge in [0, 0.05) is 12.2 Å². The summed E-state index contributed by atoms with van der Waals surface area (Å²) in [4.78, 5) is 0. The van der Waals surface area contributed by atoms with E-state index in [1.54, 1.807) is 6.07 Å². The second-order valence-electron chi connectivity index (χ2n) is 9.24. The van der Waals surface area contributed by atoms with E-state index in [4.69, 9.17) is 5.11 Å². The summed E-state index contributed by atoms with van der Waals surface area (Å²) in [6.45, 7) is 6.88. The lowest BCUT2D eigenvalue weighted by molar-refractivity contribution is -0.0174. The third-order valence-electron chi connectivity index (χ3n) is 6.58. The van der Waals surface area contributed by atoms with Crippen molar-refractivity contribution in [3.05, 3.63) is 29.3 Å². The molecule has 3 nitrogen and oxygen atoms in total. The molecule has 27 heavy (non-hydrogen) atoms. The Hall–Kier alpha value is -1.06. The fourth-order valence-electron chi connectivity index (χ4n) is 4.85. The smallest absolute Gasteiger partial charge is 0.119 e. The van der Waals surface area contributed by atoms with Gasteiger partial charge < -0.3 is 15.3 Å². The normalized spacial score (nSPS) is 23.5. The fourth-order valence-corrected chi connectivity index (χ4v) is 4.85. The monoisotopic (exact) mass is 376 g/mol. The summed E-state index contributed by atoms with van der Waals surface area (Å²) < 4.78 is 0. The molecular formula is C24H40O3. The SMILES string of the molecule is CCCCCCC(C)(C)c1c(O)cccc1C1(O)CCC(CCCO)CC1. The molecule has 1 fully saturated rings. The Morgan fingerprint density at radius 3 is 2.41 bits per heavy atom. The Labute approximate surface area is 165 Å². The highest BCUT2D eigenvalue weighted by molar-refractivity contribution is 5.47. The molecule has 1 aliphatic carbocycles. The zero-order chi connectivity index (χ0) is 19.9. The number of aliphatic hydroxyl groups is 2. The zero-order valence-electron chi connectivity index (χ0n) is 17.6. The van der Waals surface area contributed by atoms with Crippen LogP contribution in [0.3, 0.4) is 0 Å². The lowest BCUT2D eigenvalue weighted by Crippen LogP contribution is -2.35. The predicted molar refractivity (Wildman–Crippen MR) is 112 cm³/mol. The van der Waals surface area contributed by atoms with E-state index in [9.17, 15) is 10.2 Å². The Kier molecular flexibility index (Phi) is 8.18. The van der Waals surface area contributed by atoms with Crippen molar-refractivity contribution >= 4 is 0 Å². The average molecular weight is 377 g/mol. The standard InChI is InChI=1S/C24H40O3/c1-4-5-6-7-15-23(2,3)22-20(11-8-12-21(22)26)24(27)16-13-19(14-17-24)10-9-18-25/h8,11-12,19,25-27H,4-7,9-10,13-18H2,1-3H3. The number of benzene rings is 1.